The molecule has 4 nitrogen and oxygen atoms in total. The molecule has 2 aliphatic heterocycles. The van der Waals surface area contributed by atoms with Gasteiger partial charge in [-0.25, -0.2) is 0 Å². The molecule has 0 saturated carbocycles. The molecule has 0 spiro atoms. The Balaban J connectivity index is 1.66. The zero-order valence-corrected chi connectivity index (χ0v) is 13.8. The second-order valence-corrected chi connectivity index (χ2v) is 6.63. The highest BCUT2D eigenvalue weighted by molar-refractivity contribution is 7.80. The molecular formula is C15H29N3OS. The van der Waals surface area contributed by atoms with Crippen LogP contribution < -0.4 is 5.32 Å². The van der Waals surface area contributed by atoms with Crippen LogP contribution in [-0.4, -0.2) is 67.4 Å². The minimum absolute atomic E-state index is 0.287. The third-order valence-electron chi connectivity index (χ3n) is 4.40. The predicted octanol–water partition coefficient (Wildman–Crippen LogP) is 1.70. The summed E-state index contributed by atoms with van der Waals surface area (Å²) in [6.07, 6.45) is 5.34. The summed E-state index contributed by atoms with van der Waals surface area (Å²) < 4.78 is 5.14. The Labute approximate surface area is 128 Å². The van der Waals surface area contributed by atoms with Crippen molar-refractivity contribution in [3.8, 4) is 0 Å². The van der Waals surface area contributed by atoms with Crippen LogP contribution >= 0.6 is 12.2 Å². The Kier molecular flexibility index (Phi) is 6.52. The van der Waals surface area contributed by atoms with Gasteiger partial charge in [-0.2, -0.15) is 0 Å². The molecule has 2 rings (SSSR count). The lowest BCUT2D eigenvalue weighted by atomic mass is 9.96. The smallest absolute Gasteiger partial charge is 0.169 e. The van der Waals surface area contributed by atoms with Crippen LogP contribution in [0.5, 0.6) is 0 Å². The molecule has 0 aromatic heterocycles. The first-order chi connectivity index (χ1) is 9.69. The molecule has 2 fully saturated rings. The van der Waals surface area contributed by atoms with Crippen LogP contribution in [0.2, 0.25) is 0 Å². The lowest BCUT2D eigenvalue weighted by Crippen LogP contribution is -2.48. The molecule has 0 radical (unpaired) electrons. The first kappa shape index (κ1) is 16.0. The molecule has 0 bridgehead atoms. The molecule has 2 saturated heterocycles. The second kappa shape index (κ2) is 8.15. The third-order valence-corrected chi connectivity index (χ3v) is 4.78. The maximum absolute atomic E-state index is 5.50. The molecule has 1 N–H and O–H groups in total. The molecule has 1 atom stereocenters. The molecule has 116 valence electrons. The van der Waals surface area contributed by atoms with Crippen LogP contribution in [0.3, 0.4) is 0 Å². The summed E-state index contributed by atoms with van der Waals surface area (Å²) in [7, 11) is 1.73. The highest BCUT2D eigenvalue weighted by atomic mass is 32.1. The molecule has 0 aromatic carbocycles. The van der Waals surface area contributed by atoms with E-state index in [0.29, 0.717) is 6.61 Å². The first-order valence-corrected chi connectivity index (χ1v) is 8.36. The Morgan fingerprint density at radius 2 is 1.90 bits per heavy atom. The van der Waals surface area contributed by atoms with Gasteiger partial charge in [0.2, 0.25) is 0 Å². The standard InChI is InChI=1S/C15H29N3OS/c1-13(12-19-2)16-15(20)18-9-5-14(6-10-18)11-17-7-3-4-8-17/h13-14H,3-12H2,1-2H3,(H,16,20). The molecular weight excluding hydrogens is 270 g/mol. The quantitative estimate of drug-likeness (QED) is 0.780. The van der Waals surface area contributed by atoms with Gasteiger partial charge >= 0.3 is 0 Å². The van der Waals surface area contributed by atoms with Crippen molar-refractivity contribution in [2.75, 3.05) is 46.4 Å². The van der Waals surface area contributed by atoms with Crippen molar-refractivity contribution in [1.29, 1.82) is 0 Å². The molecule has 5 heteroatoms. The van der Waals surface area contributed by atoms with Crippen LogP contribution in [0, 0.1) is 5.92 Å². The van der Waals surface area contributed by atoms with Gasteiger partial charge in [-0.1, -0.05) is 0 Å². The number of nitrogens with one attached hydrogen (secondary N) is 1. The molecule has 0 aromatic rings. The molecule has 0 aliphatic carbocycles. The van der Waals surface area contributed by atoms with Crippen molar-refractivity contribution in [3.05, 3.63) is 0 Å². The van der Waals surface area contributed by atoms with Crippen LogP contribution in [-0.2, 0) is 4.74 Å². The summed E-state index contributed by atoms with van der Waals surface area (Å²) in [5.74, 6) is 0.864. The van der Waals surface area contributed by atoms with E-state index in [1.165, 1.54) is 45.3 Å². The maximum atomic E-state index is 5.50. The number of rotatable bonds is 5. The van der Waals surface area contributed by atoms with Gasteiger partial charge in [0.1, 0.15) is 0 Å². The summed E-state index contributed by atoms with van der Waals surface area (Å²) in [5.41, 5.74) is 0. The highest BCUT2D eigenvalue weighted by Crippen LogP contribution is 2.20. The summed E-state index contributed by atoms with van der Waals surface area (Å²) in [6, 6.07) is 0.287. The summed E-state index contributed by atoms with van der Waals surface area (Å²) in [4.78, 5) is 4.96. The average molecular weight is 299 g/mol. The third kappa shape index (κ3) is 4.86. The minimum atomic E-state index is 0.287. The number of piperidine rings is 1. The van der Waals surface area contributed by atoms with E-state index < -0.39 is 0 Å². The van der Waals surface area contributed by atoms with E-state index in [0.717, 1.165) is 24.1 Å². The number of thiocarbonyl (C=S) groups is 1. The van der Waals surface area contributed by atoms with E-state index in [-0.39, 0.29) is 6.04 Å². The van der Waals surface area contributed by atoms with Crippen molar-refractivity contribution in [1.82, 2.24) is 15.1 Å². The van der Waals surface area contributed by atoms with E-state index >= 15 is 0 Å². The van der Waals surface area contributed by atoms with Gasteiger partial charge < -0.3 is 19.9 Å². The molecule has 2 heterocycles. The largest absolute Gasteiger partial charge is 0.383 e. The van der Waals surface area contributed by atoms with Gasteiger partial charge in [0, 0.05) is 32.8 Å². The zero-order chi connectivity index (χ0) is 14.4. The van der Waals surface area contributed by atoms with Crippen LogP contribution in [0.25, 0.3) is 0 Å². The molecule has 0 amide bonds. The van der Waals surface area contributed by atoms with Crippen molar-refractivity contribution in [2.45, 2.75) is 38.6 Å². The Bertz CT molecular complexity index is 299. The number of hydrogen-bond acceptors (Lipinski definition) is 3. The fourth-order valence-electron chi connectivity index (χ4n) is 3.24. The van der Waals surface area contributed by atoms with Crippen LogP contribution in [0.15, 0.2) is 0 Å². The fourth-order valence-corrected chi connectivity index (χ4v) is 3.63. The van der Waals surface area contributed by atoms with E-state index in [1.807, 2.05) is 0 Å². The fraction of sp³-hybridized carbons (Fsp3) is 0.933. The van der Waals surface area contributed by atoms with Crippen LogP contribution in [0.4, 0.5) is 0 Å². The number of hydrogen-bond donors (Lipinski definition) is 1. The summed E-state index contributed by atoms with van der Waals surface area (Å²) in [5, 5.41) is 4.26. The van der Waals surface area contributed by atoms with Gasteiger partial charge in [0.15, 0.2) is 5.11 Å². The highest BCUT2D eigenvalue weighted by Gasteiger charge is 2.24. The summed E-state index contributed by atoms with van der Waals surface area (Å²) in [6.45, 7) is 8.94. The van der Waals surface area contributed by atoms with E-state index in [9.17, 15) is 0 Å². The lowest BCUT2D eigenvalue weighted by Gasteiger charge is -2.36. The second-order valence-electron chi connectivity index (χ2n) is 6.24. The van der Waals surface area contributed by atoms with Crippen molar-refractivity contribution in [3.63, 3.8) is 0 Å². The Morgan fingerprint density at radius 3 is 2.50 bits per heavy atom. The van der Waals surface area contributed by atoms with Gasteiger partial charge in [-0.05, 0) is 63.8 Å². The van der Waals surface area contributed by atoms with Gasteiger partial charge in [0.05, 0.1) is 6.61 Å². The number of likely N-dealkylation sites (tertiary alicyclic amines) is 2. The van der Waals surface area contributed by atoms with E-state index in [1.54, 1.807) is 7.11 Å². The van der Waals surface area contributed by atoms with E-state index in [4.69, 9.17) is 17.0 Å². The van der Waals surface area contributed by atoms with Gasteiger partial charge in [-0.3, -0.25) is 0 Å². The monoisotopic (exact) mass is 299 g/mol. The number of nitrogens with zero attached hydrogens (tertiary/aromatic N) is 2. The normalized spacial score (nSPS) is 23.0. The number of methoxy groups -OCH3 is 1. The van der Waals surface area contributed by atoms with E-state index in [2.05, 4.69) is 22.0 Å². The average Bonchev–Trinajstić information content (AvgIpc) is 2.92. The zero-order valence-electron chi connectivity index (χ0n) is 12.9. The van der Waals surface area contributed by atoms with Crippen LogP contribution in [0.1, 0.15) is 32.6 Å². The van der Waals surface area contributed by atoms with Gasteiger partial charge in [0.25, 0.3) is 0 Å². The number of ether oxygens (including phenoxy) is 1. The SMILES string of the molecule is COCC(C)NC(=S)N1CCC(CN2CCCC2)CC1. The molecule has 2 aliphatic rings. The first-order valence-electron chi connectivity index (χ1n) is 7.95. The van der Waals surface area contributed by atoms with Crippen molar-refractivity contribution >= 4 is 17.3 Å². The summed E-state index contributed by atoms with van der Waals surface area (Å²) >= 11 is 5.50. The maximum Gasteiger partial charge on any atom is 0.169 e. The topological polar surface area (TPSA) is 27.7 Å². The predicted molar refractivity (Wildman–Crippen MR) is 87.0 cm³/mol. The minimum Gasteiger partial charge on any atom is -0.383 e. The lowest BCUT2D eigenvalue weighted by molar-refractivity contribution is 0.174. The van der Waals surface area contributed by atoms with Crippen molar-refractivity contribution < 1.29 is 4.74 Å². The molecule has 20 heavy (non-hydrogen) atoms. The molecule has 1 unspecified atom stereocenters. The van der Waals surface area contributed by atoms with Gasteiger partial charge in [-0.15, -0.1) is 0 Å². The van der Waals surface area contributed by atoms with Crippen molar-refractivity contribution in [2.24, 2.45) is 5.92 Å². The Morgan fingerprint density at radius 1 is 1.25 bits per heavy atom. The Hall–Kier alpha value is -0.390.